The molecule has 0 saturated carbocycles. The third kappa shape index (κ3) is 2.85. The van der Waals surface area contributed by atoms with Crippen molar-refractivity contribution in [3.05, 3.63) is 53.4 Å². The summed E-state index contributed by atoms with van der Waals surface area (Å²) in [5.74, 6) is 0. The molecule has 1 atom stereocenters. The molecular formula is C15H17N3S. The van der Waals surface area contributed by atoms with Gasteiger partial charge in [0, 0.05) is 40.5 Å². The van der Waals surface area contributed by atoms with E-state index in [1.807, 2.05) is 17.5 Å². The molecule has 0 aliphatic rings. The number of hydrogen-bond donors (Lipinski definition) is 2. The van der Waals surface area contributed by atoms with Crippen LogP contribution in [0.5, 0.6) is 0 Å². The minimum absolute atomic E-state index is 0.389. The van der Waals surface area contributed by atoms with Crippen LogP contribution in [0, 0.1) is 0 Å². The van der Waals surface area contributed by atoms with Crippen molar-refractivity contribution < 1.29 is 0 Å². The highest BCUT2D eigenvalue weighted by atomic mass is 32.1. The number of nitrogens with zero attached hydrogens (tertiary/aromatic N) is 1. The monoisotopic (exact) mass is 271 g/mol. The summed E-state index contributed by atoms with van der Waals surface area (Å²) in [5, 5.41) is 4.90. The number of H-pyrrole nitrogens is 1. The van der Waals surface area contributed by atoms with Crippen LogP contribution in [-0.4, -0.2) is 16.5 Å². The first-order valence-corrected chi connectivity index (χ1v) is 7.34. The van der Waals surface area contributed by atoms with Crippen molar-refractivity contribution >= 4 is 21.4 Å². The number of thiophene rings is 1. The molecule has 2 heterocycles. The first-order valence-electron chi connectivity index (χ1n) is 6.52. The van der Waals surface area contributed by atoms with Gasteiger partial charge in [0.1, 0.15) is 0 Å². The Balaban J connectivity index is 1.61. The normalized spacial score (nSPS) is 12.9. The molecule has 98 valence electrons. The molecule has 0 amide bonds. The van der Waals surface area contributed by atoms with Crippen LogP contribution in [0.25, 0.3) is 10.1 Å². The van der Waals surface area contributed by atoms with E-state index in [2.05, 4.69) is 52.5 Å². The third-order valence-electron chi connectivity index (χ3n) is 3.27. The maximum atomic E-state index is 4.03. The van der Waals surface area contributed by atoms with Crippen LogP contribution >= 0.6 is 11.3 Å². The van der Waals surface area contributed by atoms with E-state index in [-0.39, 0.29) is 0 Å². The van der Waals surface area contributed by atoms with Crippen LogP contribution in [0.2, 0.25) is 0 Å². The summed E-state index contributed by atoms with van der Waals surface area (Å²) in [6.45, 7) is 3.18. The van der Waals surface area contributed by atoms with Crippen LogP contribution in [0.3, 0.4) is 0 Å². The number of hydrogen-bond acceptors (Lipinski definition) is 3. The van der Waals surface area contributed by atoms with Gasteiger partial charge in [-0.15, -0.1) is 11.3 Å². The van der Waals surface area contributed by atoms with E-state index >= 15 is 0 Å². The van der Waals surface area contributed by atoms with Gasteiger partial charge in [0.25, 0.3) is 0 Å². The molecule has 1 aromatic carbocycles. The van der Waals surface area contributed by atoms with Crippen LogP contribution in [0.15, 0.2) is 42.9 Å². The van der Waals surface area contributed by atoms with Gasteiger partial charge in [0.05, 0.1) is 6.33 Å². The molecule has 0 aliphatic heterocycles. The summed E-state index contributed by atoms with van der Waals surface area (Å²) in [7, 11) is 0. The molecule has 0 aliphatic carbocycles. The van der Waals surface area contributed by atoms with Crippen molar-refractivity contribution in [2.75, 3.05) is 6.54 Å². The Labute approximate surface area is 116 Å². The zero-order chi connectivity index (χ0) is 13.1. The molecule has 0 saturated heterocycles. The van der Waals surface area contributed by atoms with Crippen LogP contribution in [-0.2, 0) is 6.42 Å². The van der Waals surface area contributed by atoms with Crippen LogP contribution in [0.4, 0.5) is 0 Å². The van der Waals surface area contributed by atoms with E-state index in [1.165, 1.54) is 20.7 Å². The van der Waals surface area contributed by atoms with Gasteiger partial charge in [0.15, 0.2) is 0 Å². The van der Waals surface area contributed by atoms with Crippen molar-refractivity contribution in [1.82, 2.24) is 15.3 Å². The van der Waals surface area contributed by atoms with E-state index in [9.17, 15) is 0 Å². The van der Waals surface area contributed by atoms with Crippen molar-refractivity contribution in [2.24, 2.45) is 0 Å². The molecule has 0 bridgehead atoms. The zero-order valence-electron chi connectivity index (χ0n) is 10.9. The highest BCUT2D eigenvalue weighted by molar-refractivity contribution is 7.19. The van der Waals surface area contributed by atoms with E-state index in [0.717, 1.165) is 13.0 Å². The lowest BCUT2D eigenvalue weighted by molar-refractivity contribution is 0.582. The molecule has 3 aromatic rings. The van der Waals surface area contributed by atoms with Gasteiger partial charge in [-0.05, 0) is 24.4 Å². The molecule has 1 unspecified atom stereocenters. The third-order valence-corrected chi connectivity index (χ3v) is 4.57. The summed E-state index contributed by atoms with van der Waals surface area (Å²) in [5.41, 5.74) is 1.18. The molecule has 2 N–H and O–H groups in total. The van der Waals surface area contributed by atoms with E-state index in [0.29, 0.717) is 6.04 Å². The Morgan fingerprint density at radius 2 is 2.26 bits per heavy atom. The van der Waals surface area contributed by atoms with Gasteiger partial charge < -0.3 is 10.3 Å². The number of nitrogens with one attached hydrogen (secondary N) is 2. The van der Waals surface area contributed by atoms with Gasteiger partial charge in [-0.1, -0.05) is 18.2 Å². The largest absolute Gasteiger partial charge is 0.348 e. The van der Waals surface area contributed by atoms with Crippen LogP contribution < -0.4 is 5.32 Å². The van der Waals surface area contributed by atoms with Gasteiger partial charge in [-0.2, -0.15) is 0 Å². The second-order valence-corrected chi connectivity index (χ2v) is 5.80. The Bertz CT molecular complexity index is 609. The van der Waals surface area contributed by atoms with Crippen LogP contribution in [0.1, 0.15) is 23.5 Å². The molecule has 3 rings (SSSR count). The molecular weight excluding hydrogens is 254 g/mol. The summed E-state index contributed by atoms with van der Waals surface area (Å²) in [4.78, 5) is 8.54. The second-order valence-electron chi connectivity index (χ2n) is 4.69. The molecule has 4 heteroatoms. The zero-order valence-corrected chi connectivity index (χ0v) is 11.7. The molecule has 19 heavy (non-hydrogen) atoms. The van der Waals surface area contributed by atoms with Crippen molar-refractivity contribution in [1.29, 1.82) is 0 Å². The quantitative estimate of drug-likeness (QED) is 0.745. The highest BCUT2D eigenvalue weighted by Crippen LogP contribution is 2.29. The molecule has 2 aromatic heterocycles. The van der Waals surface area contributed by atoms with Gasteiger partial charge in [-0.25, -0.2) is 4.98 Å². The molecule has 3 nitrogen and oxygen atoms in total. The predicted octanol–water partition coefficient (Wildman–Crippen LogP) is 3.52. The van der Waals surface area contributed by atoms with Gasteiger partial charge >= 0.3 is 0 Å². The average molecular weight is 271 g/mol. The van der Waals surface area contributed by atoms with Crippen molar-refractivity contribution in [3.63, 3.8) is 0 Å². The lowest BCUT2D eigenvalue weighted by Crippen LogP contribution is -2.20. The highest BCUT2D eigenvalue weighted by Gasteiger charge is 2.08. The lowest BCUT2D eigenvalue weighted by Gasteiger charge is -2.11. The van der Waals surface area contributed by atoms with Crippen molar-refractivity contribution in [3.8, 4) is 0 Å². The Hall–Kier alpha value is -1.65. The molecule has 0 spiro atoms. The van der Waals surface area contributed by atoms with E-state index in [4.69, 9.17) is 0 Å². The Kier molecular flexibility index (Phi) is 3.62. The fraction of sp³-hybridized carbons (Fsp3) is 0.267. The number of imidazole rings is 1. The number of rotatable bonds is 5. The number of fused-ring (bicyclic) bond motifs is 1. The van der Waals surface area contributed by atoms with Crippen molar-refractivity contribution in [2.45, 2.75) is 19.4 Å². The maximum absolute atomic E-state index is 4.03. The minimum atomic E-state index is 0.389. The lowest BCUT2D eigenvalue weighted by atomic mass is 10.2. The second kappa shape index (κ2) is 5.55. The van der Waals surface area contributed by atoms with E-state index < -0.39 is 0 Å². The van der Waals surface area contributed by atoms with Gasteiger partial charge in [0.2, 0.25) is 0 Å². The smallest absolute Gasteiger partial charge is 0.0921 e. The van der Waals surface area contributed by atoms with Gasteiger partial charge in [-0.3, -0.25) is 0 Å². The Morgan fingerprint density at radius 3 is 3.05 bits per heavy atom. The molecule has 0 radical (unpaired) electrons. The standard InChI is InChI=1S/C15H17N3S/c1-11(17-7-6-13-9-16-10-18-13)15-8-12-4-2-3-5-14(12)19-15/h2-5,8-11,17H,6-7H2,1H3,(H,16,18). The first-order chi connectivity index (χ1) is 9.33. The maximum Gasteiger partial charge on any atom is 0.0921 e. The number of aromatic amines is 1. The topological polar surface area (TPSA) is 40.7 Å². The fourth-order valence-electron chi connectivity index (χ4n) is 2.16. The Morgan fingerprint density at radius 1 is 1.37 bits per heavy atom. The number of aromatic nitrogens is 2. The molecule has 0 fully saturated rings. The summed E-state index contributed by atoms with van der Waals surface area (Å²) in [6, 6.07) is 11.2. The summed E-state index contributed by atoms with van der Waals surface area (Å²) in [6.07, 6.45) is 4.59. The average Bonchev–Trinajstić information content (AvgIpc) is 3.07. The fourth-order valence-corrected chi connectivity index (χ4v) is 3.25. The predicted molar refractivity (Wildman–Crippen MR) is 80.5 cm³/mol. The number of benzene rings is 1. The summed E-state index contributed by atoms with van der Waals surface area (Å²) >= 11 is 1.87. The SMILES string of the molecule is CC(NCCc1cnc[nH]1)c1cc2ccccc2s1. The van der Waals surface area contributed by atoms with E-state index in [1.54, 1.807) is 6.33 Å². The minimum Gasteiger partial charge on any atom is -0.348 e. The summed E-state index contributed by atoms with van der Waals surface area (Å²) < 4.78 is 1.36. The first kappa shape index (κ1) is 12.4.